The van der Waals surface area contributed by atoms with Crippen LogP contribution < -0.4 is 9.47 Å². The first-order valence-corrected chi connectivity index (χ1v) is 14.2. The van der Waals surface area contributed by atoms with Crippen molar-refractivity contribution in [2.75, 3.05) is 38.3 Å². The van der Waals surface area contributed by atoms with Crippen molar-refractivity contribution in [2.45, 2.75) is 52.0 Å². The first-order chi connectivity index (χ1) is 17.4. The van der Waals surface area contributed by atoms with Crippen molar-refractivity contribution in [1.29, 1.82) is 0 Å². The van der Waals surface area contributed by atoms with Crippen molar-refractivity contribution >= 4 is 11.8 Å². The highest BCUT2D eigenvalue weighted by atomic mass is 32.2. The summed E-state index contributed by atoms with van der Waals surface area (Å²) in [6.45, 7) is 17.5. The molecule has 0 fully saturated rings. The summed E-state index contributed by atoms with van der Waals surface area (Å²) in [4.78, 5) is 2.28. The molecule has 0 amide bonds. The van der Waals surface area contributed by atoms with Gasteiger partial charge in [-0.15, -0.1) is 0 Å². The van der Waals surface area contributed by atoms with Crippen LogP contribution in [-0.2, 0) is 12.0 Å². The van der Waals surface area contributed by atoms with Crippen LogP contribution in [0.1, 0.15) is 51.2 Å². The van der Waals surface area contributed by atoms with Crippen LogP contribution in [0.4, 0.5) is 0 Å². The molecule has 0 aromatic heterocycles. The van der Waals surface area contributed by atoms with E-state index < -0.39 is 0 Å². The zero-order valence-corrected chi connectivity index (χ0v) is 23.6. The third-order valence-electron chi connectivity index (χ3n) is 6.11. The fourth-order valence-electron chi connectivity index (χ4n) is 3.75. The summed E-state index contributed by atoms with van der Waals surface area (Å²) < 4.78 is 11.9. The van der Waals surface area contributed by atoms with Gasteiger partial charge in [0.25, 0.3) is 0 Å². The van der Waals surface area contributed by atoms with Crippen molar-refractivity contribution in [3.05, 3.63) is 96.6 Å². The number of thioether (sulfide) groups is 1. The predicted octanol–water partition coefficient (Wildman–Crippen LogP) is 8.08. The Kier molecular flexibility index (Phi) is 13.5. The molecule has 0 saturated carbocycles. The molecule has 36 heavy (non-hydrogen) atoms. The lowest BCUT2D eigenvalue weighted by Crippen LogP contribution is -2.24. The summed E-state index contributed by atoms with van der Waals surface area (Å²) in [6, 6.07) is 17.0. The van der Waals surface area contributed by atoms with Gasteiger partial charge in [-0.05, 0) is 65.6 Å². The molecule has 2 rings (SSSR count). The first kappa shape index (κ1) is 29.8. The first-order valence-electron chi connectivity index (χ1n) is 13.0. The fraction of sp³-hybridized carbons (Fsp3) is 0.438. The Morgan fingerprint density at radius 2 is 1.61 bits per heavy atom. The SMILES string of the molecule is C=C/C=C(\C=C)CCOc1ccc(CN(C)CCOc2ccc(C(C)(C)CSCCCC)cc2)cc1. The summed E-state index contributed by atoms with van der Waals surface area (Å²) in [7, 11) is 2.12. The summed E-state index contributed by atoms with van der Waals surface area (Å²) in [5.74, 6) is 4.22. The standard InChI is InChI=1S/C32H45NO2S/c1-7-10-24-36-26-32(4,5)29-14-18-31(19-15-29)35-23-21-33(6)25-28-12-16-30(17-13-28)34-22-20-27(9-3)11-8-2/h8-9,11-19H,2-3,7,10,20-26H2,1,4-6H3/b27-11+. The van der Waals surface area contributed by atoms with Gasteiger partial charge in [0.1, 0.15) is 18.1 Å². The third kappa shape index (κ3) is 11.1. The van der Waals surface area contributed by atoms with E-state index in [1.54, 1.807) is 6.08 Å². The average Bonchev–Trinajstić information content (AvgIpc) is 2.87. The third-order valence-corrected chi connectivity index (χ3v) is 7.62. The molecule has 0 spiro atoms. The number of unbranched alkanes of at least 4 members (excludes halogenated alkanes) is 1. The summed E-state index contributed by atoms with van der Waals surface area (Å²) in [5.41, 5.74) is 3.93. The molecule has 2 aromatic carbocycles. The molecule has 0 bridgehead atoms. The molecule has 0 aliphatic rings. The van der Waals surface area contributed by atoms with E-state index in [4.69, 9.17) is 9.47 Å². The smallest absolute Gasteiger partial charge is 0.119 e. The minimum atomic E-state index is 0.175. The monoisotopic (exact) mass is 507 g/mol. The quantitative estimate of drug-likeness (QED) is 0.150. The molecule has 0 radical (unpaired) electrons. The molecule has 0 saturated heterocycles. The van der Waals surface area contributed by atoms with Crippen LogP contribution in [0.15, 0.2) is 85.5 Å². The Morgan fingerprint density at radius 3 is 2.22 bits per heavy atom. The number of benzene rings is 2. The maximum absolute atomic E-state index is 6.02. The van der Waals surface area contributed by atoms with E-state index in [1.165, 1.54) is 29.7 Å². The zero-order chi connectivity index (χ0) is 26.2. The second kappa shape index (κ2) is 16.3. The van der Waals surface area contributed by atoms with E-state index in [-0.39, 0.29) is 5.41 Å². The van der Waals surface area contributed by atoms with Gasteiger partial charge < -0.3 is 9.47 Å². The Morgan fingerprint density at radius 1 is 0.972 bits per heavy atom. The molecule has 4 heteroatoms. The van der Waals surface area contributed by atoms with Crippen molar-refractivity contribution in [3.8, 4) is 11.5 Å². The van der Waals surface area contributed by atoms with E-state index in [9.17, 15) is 0 Å². The predicted molar refractivity (Wildman–Crippen MR) is 159 cm³/mol. The zero-order valence-electron chi connectivity index (χ0n) is 22.8. The van der Waals surface area contributed by atoms with Gasteiger partial charge in [0.2, 0.25) is 0 Å². The van der Waals surface area contributed by atoms with Crippen LogP contribution in [0.25, 0.3) is 0 Å². The summed E-state index contributed by atoms with van der Waals surface area (Å²) >= 11 is 2.06. The van der Waals surface area contributed by atoms with Gasteiger partial charge in [-0.3, -0.25) is 4.90 Å². The minimum absolute atomic E-state index is 0.175. The number of hydrogen-bond acceptors (Lipinski definition) is 4. The van der Waals surface area contributed by atoms with E-state index in [2.05, 4.69) is 94.0 Å². The largest absolute Gasteiger partial charge is 0.493 e. The number of hydrogen-bond donors (Lipinski definition) is 0. The van der Waals surface area contributed by atoms with E-state index >= 15 is 0 Å². The van der Waals surface area contributed by atoms with Gasteiger partial charge >= 0.3 is 0 Å². The molecule has 0 atom stereocenters. The number of allylic oxidation sites excluding steroid dienone is 3. The van der Waals surface area contributed by atoms with Gasteiger partial charge in [0.05, 0.1) is 6.61 Å². The van der Waals surface area contributed by atoms with Crippen LogP contribution in [0.3, 0.4) is 0 Å². The molecule has 2 aromatic rings. The molecule has 196 valence electrons. The Balaban J connectivity index is 1.71. The lowest BCUT2D eigenvalue weighted by atomic mass is 9.87. The minimum Gasteiger partial charge on any atom is -0.493 e. The van der Waals surface area contributed by atoms with Gasteiger partial charge in [-0.1, -0.05) is 82.8 Å². The van der Waals surface area contributed by atoms with Gasteiger partial charge in [-0.25, -0.2) is 0 Å². The number of nitrogens with zero attached hydrogens (tertiary/aromatic N) is 1. The number of rotatable bonds is 18. The highest BCUT2D eigenvalue weighted by molar-refractivity contribution is 7.99. The molecular weight excluding hydrogens is 462 g/mol. The second-order valence-electron chi connectivity index (χ2n) is 9.82. The van der Waals surface area contributed by atoms with Crippen LogP contribution in [0.5, 0.6) is 11.5 Å². The van der Waals surface area contributed by atoms with Gasteiger partial charge in [0.15, 0.2) is 0 Å². The number of ether oxygens (including phenoxy) is 2. The number of likely N-dealkylation sites (N-methyl/N-ethyl adjacent to an activating group) is 1. The Bertz CT molecular complexity index is 932. The van der Waals surface area contributed by atoms with Crippen LogP contribution in [-0.4, -0.2) is 43.2 Å². The highest BCUT2D eigenvalue weighted by Gasteiger charge is 2.20. The van der Waals surface area contributed by atoms with Gasteiger partial charge in [-0.2, -0.15) is 11.8 Å². The summed E-state index contributed by atoms with van der Waals surface area (Å²) in [5, 5.41) is 0. The van der Waals surface area contributed by atoms with E-state index in [0.717, 1.165) is 42.3 Å². The molecule has 0 aliphatic heterocycles. The highest BCUT2D eigenvalue weighted by Crippen LogP contribution is 2.29. The van der Waals surface area contributed by atoms with Gasteiger partial charge in [0, 0.05) is 25.3 Å². The maximum Gasteiger partial charge on any atom is 0.119 e. The fourth-order valence-corrected chi connectivity index (χ4v) is 5.07. The van der Waals surface area contributed by atoms with E-state index in [1.807, 2.05) is 24.3 Å². The molecule has 0 heterocycles. The Hall–Kier alpha value is -2.43. The van der Waals surface area contributed by atoms with Crippen molar-refractivity contribution in [1.82, 2.24) is 4.90 Å². The lowest BCUT2D eigenvalue weighted by Gasteiger charge is -2.25. The summed E-state index contributed by atoms with van der Waals surface area (Å²) in [6.07, 6.45) is 8.97. The molecular formula is C32H45NO2S. The van der Waals surface area contributed by atoms with Crippen molar-refractivity contribution in [2.24, 2.45) is 0 Å². The topological polar surface area (TPSA) is 21.7 Å². The maximum atomic E-state index is 6.02. The molecule has 3 nitrogen and oxygen atoms in total. The average molecular weight is 508 g/mol. The second-order valence-corrected chi connectivity index (χ2v) is 10.9. The van der Waals surface area contributed by atoms with Crippen molar-refractivity contribution in [3.63, 3.8) is 0 Å². The Labute approximate surface area is 224 Å². The molecule has 0 aliphatic carbocycles. The normalized spacial score (nSPS) is 12.0. The van der Waals surface area contributed by atoms with Crippen molar-refractivity contribution < 1.29 is 9.47 Å². The van der Waals surface area contributed by atoms with Crippen LogP contribution >= 0.6 is 11.8 Å². The van der Waals surface area contributed by atoms with Crippen LogP contribution in [0.2, 0.25) is 0 Å². The van der Waals surface area contributed by atoms with Crippen LogP contribution in [0, 0.1) is 0 Å². The lowest BCUT2D eigenvalue weighted by molar-refractivity contribution is 0.232. The molecule has 0 N–H and O–H groups in total. The molecule has 0 unspecified atom stereocenters. The van der Waals surface area contributed by atoms with E-state index in [0.29, 0.717) is 13.2 Å².